The Morgan fingerprint density at radius 1 is 1.56 bits per heavy atom. The van der Waals surface area contributed by atoms with E-state index in [1.807, 2.05) is 18.3 Å². The normalized spacial score (nSPS) is 17.0. The first-order chi connectivity index (χ1) is 8.76. The quantitative estimate of drug-likeness (QED) is 0.919. The third kappa shape index (κ3) is 2.51. The Morgan fingerprint density at radius 3 is 3.06 bits per heavy atom. The van der Waals surface area contributed by atoms with Crippen molar-refractivity contribution in [2.45, 2.75) is 38.6 Å². The van der Waals surface area contributed by atoms with E-state index in [1.54, 1.807) is 4.52 Å². The molecule has 2 aromatic rings. The molecule has 1 aliphatic rings. The van der Waals surface area contributed by atoms with Gasteiger partial charge in [-0.1, -0.05) is 19.8 Å². The Kier molecular flexibility index (Phi) is 3.24. The summed E-state index contributed by atoms with van der Waals surface area (Å²) in [6.45, 7) is 2.21. The van der Waals surface area contributed by atoms with Crippen molar-refractivity contribution in [2.24, 2.45) is 5.92 Å². The Labute approximate surface area is 115 Å². The minimum atomic E-state index is 0.494. The van der Waals surface area contributed by atoms with Crippen molar-refractivity contribution < 1.29 is 0 Å². The van der Waals surface area contributed by atoms with Gasteiger partial charge in [-0.05, 0) is 46.8 Å². The van der Waals surface area contributed by atoms with Crippen LogP contribution in [0.1, 0.15) is 32.6 Å². The topological polar surface area (TPSA) is 42.2 Å². The Hall–Kier alpha value is -1.10. The van der Waals surface area contributed by atoms with Crippen LogP contribution >= 0.6 is 15.9 Å². The van der Waals surface area contributed by atoms with E-state index in [-0.39, 0.29) is 0 Å². The molecule has 18 heavy (non-hydrogen) atoms. The molecule has 0 amide bonds. The van der Waals surface area contributed by atoms with Crippen LogP contribution < -0.4 is 5.32 Å². The van der Waals surface area contributed by atoms with E-state index >= 15 is 0 Å². The maximum atomic E-state index is 4.52. The number of nitrogens with one attached hydrogen (secondary N) is 1. The fourth-order valence-corrected chi connectivity index (χ4v) is 2.62. The molecule has 3 rings (SSSR count). The molecule has 96 valence electrons. The van der Waals surface area contributed by atoms with E-state index in [4.69, 9.17) is 0 Å². The predicted molar refractivity (Wildman–Crippen MR) is 75.7 cm³/mol. The molecule has 1 fully saturated rings. The molecular weight excluding hydrogens is 292 g/mol. The van der Waals surface area contributed by atoms with E-state index < -0.39 is 0 Å². The first kappa shape index (κ1) is 12.0. The second kappa shape index (κ2) is 4.88. The van der Waals surface area contributed by atoms with Crippen molar-refractivity contribution in [2.75, 3.05) is 5.32 Å². The summed E-state index contributed by atoms with van der Waals surface area (Å²) in [5.74, 6) is 1.65. The third-order valence-corrected chi connectivity index (χ3v) is 4.07. The zero-order valence-electron chi connectivity index (χ0n) is 10.4. The van der Waals surface area contributed by atoms with Crippen LogP contribution in [0.15, 0.2) is 22.8 Å². The second-order valence-electron chi connectivity index (χ2n) is 4.99. The highest BCUT2D eigenvalue weighted by Crippen LogP contribution is 2.34. The molecule has 1 saturated carbocycles. The van der Waals surface area contributed by atoms with Gasteiger partial charge >= 0.3 is 0 Å². The Morgan fingerprint density at radius 2 is 2.39 bits per heavy atom. The molecule has 1 unspecified atom stereocenters. The first-order valence-corrected chi connectivity index (χ1v) is 7.33. The number of hydrogen-bond donors (Lipinski definition) is 1. The van der Waals surface area contributed by atoms with Crippen molar-refractivity contribution in [3.8, 4) is 0 Å². The van der Waals surface area contributed by atoms with Crippen LogP contribution in [-0.4, -0.2) is 20.6 Å². The summed E-state index contributed by atoms with van der Waals surface area (Å²) in [5, 5.41) is 7.91. The molecule has 0 spiro atoms. The van der Waals surface area contributed by atoms with Gasteiger partial charge in [0.15, 0.2) is 5.65 Å². The molecule has 4 nitrogen and oxygen atoms in total. The number of pyridine rings is 1. The summed E-state index contributed by atoms with van der Waals surface area (Å²) in [4.78, 5) is 4.52. The van der Waals surface area contributed by atoms with Gasteiger partial charge in [0.2, 0.25) is 5.95 Å². The largest absolute Gasteiger partial charge is 0.350 e. The van der Waals surface area contributed by atoms with Crippen LogP contribution in [0.25, 0.3) is 5.65 Å². The average molecular weight is 309 g/mol. The number of rotatable bonds is 5. The molecule has 1 atom stereocenters. The van der Waals surface area contributed by atoms with Gasteiger partial charge in [-0.2, -0.15) is 4.98 Å². The second-order valence-corrected chi connectivity index (χ2v) is 5.84. The molecule has 0 aliphatic heterocycles. The minimum absolute atomic E-state index is 0.494. The standard InChI is InChI=1S/C13H17BrN4/c1-2-10(8-9-5-6-9)15-13-16-12-11(14)4-3-7-18(12)17-13/h3-4,7,9-10H,2,5-6,8H2,1H3,(H,15,17). The lowest BCUT2D eigenvalue weighted by Crippen LogP contribution is -2.19. The van der Waals surface area contributed by atoms with E-state index in [9.17, 15) is 0 Å². The highest BCUT2D eigenvalue weighted by molar-refractivity contribution is 9.10. The molecule has 2 heterocycles. The van der Waals surface area contributed by atoms with Crippen LogP contribution in [0.2, 0.25) is 0 Å². The van der Waals surface area contributed by atoms with Gasteiger partial charge in [0.1, 0.15) is 0 Å². The predicted octanol–water partition coefficient (Wildman–Crippen LogP) is 3.48. The van der Waals surface area contributed by atoms with Gasteiger partial charge in [0.25, 0.3) is 0 Å². The van der Waals surface area contributed by atoms with Crippen LogP contribution in [0.5, 0.6) is 0 Å². The molecule has 0 radical (unpaired) electrons. The van der Waals surface area contributed by atoms with Crippen LogP contribution in [0, 0.1) is 5.92 Å². The van der Waals surface area contributed by atoms with E-state index in [0.29, 0.717) is 6.04 Å². The summed E-state index contributed by atoms with van der Waals surface area (Å²) in [7, 11) is 0. The van der Waals surface area contributed by atoms with Crippen molar-refractivity contribution >= 4 is 27.5 Å². The third-order valence-electron chi connectivity index (χ3n) is 3.46. The number of anilines is 1. The molecular formula is C13H17BrN4. The maximum absolute atomic E-state index is 4.52. The fourth-order valence-electron chi connectivity index (χ4n) is 2.20. The van der Waals surface area contributed by atoms with Gasteiger partial charge in [-0.25, -0.2) is 4.52 Å². The molecule has 1 aliphatic carbocycles. The van der Waals surface area contributed by atoms with E-state index in [2.05, 4.69) is 38.3 Å². The van der Waals surface area contributed by atoms with Crippen LogP contribution in [0.4, 0.5) is 5.95 Å². The lowest BCUT2D eigenvalue weighted by molar-refractivity contribution is 0.583. The molecule has 1 N–H and O–H groups in total. The maximum Gasteiger partial charge on any atom is 0.243 e. The van der Waals surface area contributed by atoms with Gasteiger partial charge in [0, 0.05) is 12.2 Å². The molecule has 2 aromatic heterocycles. The average Bonchev–Trinajstić information content (AvgIpc) is 3.07. The Balaban J connectivity index is 1.78. The molecule has 0 aromatic carbocycles. The summed E-state index contributed by atoms with van der Waals surface area (Å²) in [5.41, 5.74) is 0.862. The summed E-state index contributed by atoms with van der Waals surface area (Å²) in [6, 6.07) is 4.43. The van der Waals surface area contributed by atoms with Crippen molar-refractivity contribution in [1.82, 2.24) is 14.6 Å². The van der Waals surface area contributed by atoms with E-state index in [0.717, 1.165) is 28.4 Å². The number of nitrogens with zero attached hydrogens (tertiary/aromatic N) is 3. The first-order valence-electron chi connectivity index (χ1n) is 6.53. The van der Waals surface area contributed by atoms with Gasteiger partial charge in [-0.15, -0.1) is 5.10 Å². The zero-order valence-corrected chi connectivity index (χ0v) is 12.0. The minimum Gasteiger partial charge on any atom is -0.350 e. The smallest absolute Gasteiger partial charge is 0.243 e. The van der Waals surface area contributed by atoms with Gasteiger partial charge < -0.3 is 5.32 Å². The number of fused-ring (bicyclic) bond motifs is 1. The highest BCUT2D eigenvalue weighted by atomic mass is 79.9. The fraction of sp³-hybridized carbons (Fsp3) is 0.538. The zero-order chi connectivity index (χ0) is 12.5. The lowest BCUT2D eigenvalue weighted by atomic mass is 10.1. The number of hydrogen-bond acceptors (Lipinski definition) is 3. The van der Waals surface area contributed by atoms with Crippen LogP contribution in [0.3, 0.4) is 0 Å². The number of halogens is 1. The number of aromatic nitrogens is 3. The molecule has 0 saturated heterocycles. The van der Waals surface area contributed by atoms with Crippen molar-refractivity contribution in [3.05, 3.63) is 22.8 Å². The molecule has 0 bridgehead atoms. The lowest BCUT2D eigenvalue weighted by Gasteiger charge is -2.14. The molecule has 5 heteroatoms. The van der Waals surface area contributed by atoms with Crippen molar-refractivity contribution in [3.63, 3.8) is 0 Å². The van der Waals surface area contributed by atoms with Crippen molar-refractivity contribution in [1.29, 1.82) is 0 Å². The van der Waals surface area contributed by atoms with E-state index in [1.165, 1.54) is 19.3 Å². The Bertz CT molecular complexity index is 547. The summed E-state index contributed by atoms with van der Waals surface area (Å²) < 4.78 is 2.77. The van der Waals surface area contributed by atoms with Gasteiger partial charge in [-0.3, -0.25) is 0 Å². The van der Waals surface area contributed by atoms with Crippen LogP contribution in [-0.2, 0) is 0 Å². The monoisotopic (exact) mass is 308 g/mol. The SMILES string of the molecule is CCC(CC1CC1)Nc1nc2c(Br)cccn2n1. The summed E-state index contributed by atoms with van der Waals surface area (Å²) in [6.07, 6.45) is 7.06. The van der Waals surface area contributed by atoms with Gasteiger partial charge in [0.05, 0.1) is 4.47 Å². The summed E-state index contributed by atoms with van der Waals surface area (Å²) >= 11 is 3.49. The highest BCUT2D eigenvalue weighted by Gasteiger charge is 2.25.